The molecule has 0 bridgehead atoms. The van der Waals surface area contributed by atoms with Crippen LogP contribution < -0.4 is 9.62 Å². The molecular formula is C18H25N3O2S2. The molecule has 0 spiro atoms. The SMILES string of the molecule is Cc1cc(C)c(S(=O)(=O)NCC2CCCN(c3nccs3)C2)cc1C. The van der Waals surface area contributed by atoms with Gasteiger partial charge >= 0.3 is 0 Å². The number of anilines is 1. The highest BCUT2D eigenvalue weighted by Gasteiger charge is 2.24. The van der Waals surface area contributed by atoms with E-state index in [4.69, 9.17) is 0 Å². The number of benzene rings is 1. The third kappa shape index (κ3) is 4.22. The number of piperidine rings is 1. The molecule has 0 saturated carbocycles. The van der Waals surface area contributed by atoms with Gasteiger partial charge < -0.3 is 4.90 Å². The first-order chi connectivity index (χ1) is 11.9. The molecule has 0 amide bonds. The first kappa shape index (κ1) is 18.4. The average molecular weight is 380 g/mol. The number of nitrogens with one attached hydrogen (secondary N) is 1. The molecule has 0 aliphatic carbocycles. The van der Waals surface area contributed by atoms with Crippen LogP contribution in [-0.2, 0) is 10.0 Å². The highest BCUT2D eigenvalue weighted by atomic mass is 32.2. The summed E-state index contributed by atoms with van der Waals surface area (Å²) in [4.78, 5) is 7.02. The lowest BCUT2D eigenvalue weighted by molar-refractivity contribution is 0.410. The molecule has 1 aromatic heterocycles. The molecule has 0 radical (unpaired) electrons. The van der Waals surface area contributed by atoms with E-state index in [1.807, 2.05) is 38.4 Å². The predicted molar refractivity (Wildman–Crippen MR) is 103 cm³/mol. The van der Waals surface area contributed by atoms with Crippen LogP contribution in [0.25, 0.3) is 0 Å². The van der Waals surface area contributed by atoms with Gasteiger partial charge in [0.2, 0.25) is 10.0 Å². The van der Waals surface area contributed by atoms with Crippen LogP contribution in [-0.4, -0.2) is 33.0 Å². The second kappa shape index (κ2) is 7.43. The van der Waals surface area contributed by atoms with Gasteiger partial charge in [0.25, 0.3) is 0 Å². The van der Waals surface area contributed by atoms with Crippen molar-refractivity contribution < 1.29 is 8.42 Å². The summed E-state index contributed by atoms with van der Waals surface area (Å²) in [6.07, 6.45) is 3.92. The molecule has 1 saturated heterocycles. The van der Waals surface area contributed by atoms with Crippen molar-refractivity contribution in [2.75, 3.05) is 24.5 Å². The van der Waals surface area contributed by atoms with E-state index in [0.717, 1.165) is 47.8 Å². The predicted octanol–water partition coefficient (Wildman–Crippen LogP) is 3.26. The molecule has 2 aromatic rings. The highest BCUT2D eigenvalue weighted by Crippen LogP contribution is 2.25. The van der Waals surface area contributed by atoms with Crippen molar-refractivity contribution in [3.63, 3.8) is 0 Å². The van der Waals surface area contributed by atoms with Gasteiger partial charge in [-0.3, -0.25) is 0 Å². The fourth-order valence-corrected chi connectivity index (χ4v) is 5.41. The Hall–Kier alpha value is -1.44. The standard InChI is InChI=1S/C18H25N3O2S2/c1-13-9-15(3)17(10-14(13)2)25(22,23)20-11-16-5-4-7-21(12-16)18-19-6-8-24-18/h6,8-10,16,20H,4-5,7,11-12H2,1-3H3. The molecule has 1 unspecified atom stereocenters. The molecule has 1 atom stereocenters. The molecule has 1 aliphatic heterocycles. The van der Waals surface area contributed by atoms with Gasteiger partial charge in [-0.2, -0.15) is 0 Å². The average Bonchev–Trinajstić information content (AvgIpc) is 3.11. The van der Waals surface area contributed by atoms with E-state index >= 15 is 0 Å². The Labute approximate surface area is 154 Å². The van der Waals surface area contributed by atoms with Crippen molar-refractivity contribution in [3.05, 3.63) is 40.4 Å². The van der Waals surface area contributed by atoms with Crippen LogP contribution in [0.15, 0.2) is 28.6 Å². The largest absolute Gasteiger partial charge is 0.348 e. The van der Waals surface area contributed by atoms with Gasteiger partial charge in [-0.25, -0.2) is 18.1 Å². The Balaban J connectivity index is 1.67. The Morgan fingerprint density at radius 1 is 1.24 bits per heavy atom. The molecule has 5 nitrogen and oxygen atoms in total. The van der Waals surface area contributed by atoms with Gasteiger partial charge in [-0.15, -0.1) is 11.3 Å². The summed E-state index contributed by atoms with van der Waals surface area (Å²) >= 11 is 1.63. The zero-order valence-corrected chi connectivity index (χ0v) is 16.6. The Bertz CT molecular complexity index is 832. The van der Waals surface area contributed by atoms with Gasteiger partial charge in [0, 0.05) is 31.2 Å². The van der Waals surface area contributed by atoms with Crippen molar-refractivity contribution in [2.24, 2.45) is 5.92 Å². The van der Waals surface area contributed by atoms with Crippen LogP contribution in [0.2, 0.25) is 0 Å². The summed E-state index contributed by atoms with van der Waals surface area (Å²) in [5.41, 5.74) is 2.91. The number of sulfonamides is 1. The maximum Gasteiger partial charge on any atom is 0.240 e. The summed E-state index contributed by atoms with van der Waals surface area (Å²) < 4.78 is 28.3. The van der Waals surface area contributed by atoms with Gasteiger partial charge in [-0.1, -0.05) is 6.07 Å². The molecule has 1 N–H and O–H groups in total. The van der Waals surface area contributed by atoms with Crippen molar-refractivity contribution >= 4 is 26.5 Å². The van der Waals surface area contributed by atoms with E-state index < -0.39 is 10.0 Å². The van der Waals surface area contributed by atoms with Gasteiger partial charge in [0.05, 0.1) is 4.90 Å². The van der Waals surface area contributed by atoms with E-state index in [9.17, 15) is 8.42 Å². The minimum absolute atomic E-state index is 0.305. The number of nitrogens with zero attached hydrogens (tertiary/aromatic N) is 2. The third-order valence-electron chi connectivity index (χ3n) is 4.85. The van der Waals surface area contributed by atoms with E-state index in [-0.39, 0.29) is 0 Å². The van der Waals surface area contributed by atoms with E-state index in [0.29, 0.717) is 17.4 Å². The molecule has 136 valence electrons. The molecule has 1 aromatic carbocycles. The summed E-state index contributed by atoms with van der Waals surface area (Å²) in [6.45, 7) is 8.11. The van der Waals surface area contributed by atoms with E-state index in [1.54, 1.807) is 17.4 Å². The number of hydrogen-bond donors (Lipinski definition) is 1. The first-order valence-electron chi connectivity index (χ1n) is 8.59. The molecule has 3 rings (SSSR count). The fraction of sp³-hybridized carbons (Fsp3) is 0.500. The maximum absolute atomic E-state index is 12.7. The number of aryl methyl sites for hydroxylation is 3. The van der Waals surface area contributed by atoms with Crippen LogP contribution in [0, 0.1) is 26.7 Å². The second-order valence-corrected chi connectivity index (χ2v) is 9.43. The third-order valence-corrected chi connectivity index (χ3v) is 7.25. The molecule has 1 fully saturated rings. The van der Waals surface area contributed by atoms with Crippen molar-refractivity contribution in [1.29, 1.82) is 0 Å². The highest BCUT2D eigenvalue weighted by molar-refractivity contribution is 7.89. The van der Waals surface area contributed by atoms with Crippen molar-refractivity contribution in [2.45, 2.75) is 38.5 Å². The van der Waals surface area contributed by atoms with Crippen LogP contribution in [0.3, 0.4) is 0 Å². The molecule has 25 heavy (non-hydrogen) atoms. The van der Waals surface area contributed by atoms with Gasteiger partial charge in [-0.05, 0) is 62.3 Å². The monoisotopic (exact) mass is 379 g/mol. The Morgan fingerprint density at radius 3 is 2.72 bits per heavy atom. The fourth-order valence-electron chi connectivity index (χ4n) is 3.31. The second-order valence-electron chi connectivity index (χ2n) is 6.82. The zero-order valence-electron chi connectivity index (χ0n) is 14.9. The quantitative estimate of drug-likeness (QED) is 0.866. The van der Waals surface area contributed by atoms with Crippen molar-refractivity contribution in [1.82, 2.24) is 9.71 Å². The van der Waals surface area contributed by atoms with E-state index in [2.05, 4.69) is 14.6 Å². The minimum atomic E-state index is -3.48. The number of aromatic nitrogens is 1. The van der Waals surface area contributed by atoms with Gasteiger partial charge in [0.1, 0.15) is 0 Å². The Morgan fingerprint density at radius 2 is 2.00 bits per heavy atom. The molecule has 1 aliphatic rings. The minimum Gasteiger partial charge on any atom is -0.348 e. The smallest absolute Gasteiger partial charge is 0.240 e. The normalized spacial score (nSPS) is 18.5. The lowest BCUT2D eigenvalue weighted by Crippen LogP contribution is -2.41. The van der Waals surface area contributed by atoms with Crippen LogP contribution in [0.4, 0.5) is 5.13 Å². The molecule has 2 heterocycles. The topological polar surface area (TPSA) is 62.3 Å². The number of thiazole rings is 1. The van der Waals surface area contributed by atoms with Crippen LogP contribution in [0.1, 0.15) is 29.5 Å². The van der Waals surface area contributed by atoms with Crippen LogP contribution in [0.5, 0.6) is 0 Å². The Kier molecular flexibility index (Phi) is 5.46. The summed E-state index contributed by atoms with van der Waals surface area (Å²) in [5, 5.41) is 3.00. The number of hydrogen-bond acceptors (Lipinski definition) is 5. The zero-order chi connectivity index (χ0) is 18.0. The van der Waals surface area contributed by atoms with Crippen LogP contribution >= 0.6 is 11.3 Å². The first-order valence-corrected chi connectivity index (χ1v) is 10.9. The maximum atomic E-state index is 12.7. The number of rotatable bonds is 5. The summed E-state index contributed by atoms with van der Waals surface area (Å²) in [5.74, 6) is 0.305. The van der Waals surface area contributed by atoms with Crippen molar-refractivity contribution in [3.8, 4) is 0 Å². The lowest BCUT2D eigenvalue weighted by Gasteiger charge is -2.32. The summed E-state index contributed by atoms with van der Waals surface area (Å²) in [7, 11) is -3.48. The van der Waals surface area contributed by atoms with Gasteiger partial charge in [0.15, 0.2) is 5.13 Å². The summed E-state index contributed by atoms with van der Waals surface area (Å²) in [6, 6.07) is 3.71. The molecular weight excluding hydrogens is 354 g/mol. The van der Waals surface area contributed by atoms with E-state index in [1.165, 1.54) is 0 Å². The lowest BCUT2D eigenvalue weighted by atomic mass is 9.99. The molecule has 7 heteroatoms.